The molecule has 1 heterocycles. The Morgan fingerprint density at radius 3 is 2.65 bits per heavy atom. The molecule has 0 fully saturated rings. The van der Waals surface area contributed by atoms with Gasteiger partial charge in [0.1, 0.15) is 0 Å². The van der Waals surface area contributed by atoms with Gasteiger partial charge in [0.25, 0.3) is 0 Å². The summed E-state index contributed by atoms with van der Waals surface area (Å²) in [6, 6.07) is 12.6. The molecule has 0 amide bonds. The van der Waals surface area contributed by atoms with Gasteiger partial charge >= 0.3 is 0 Å². The molecule has 0 radical (unpaired) electrons. The number of pyridine rings is 1. The molecule has 0 aliphatic rings. The highest BCUT2D eigenvalue weighted by atomic mass is 14.7. The summed E-state index contributed by atoms with van der Waals surface area (Å²) in [6.45, 7) is 2.04. The number of hydrogen-bond donors (Lipinski definition) is 1. The molecule has 88 valence electrons. The SMILES string of the molecule is Cc1cncc(C(N)CCc2ccccc2)c1. The van der Waals surface area contributed by atoms with Gasteiger partial charge < -0.3 is 5.73 Å². The summed E-state index contributed by atoms with van der Waals surface area (Å²) in [5.41, 5.74) is 9.80. The van der Waals surface area contributed by atoms with Crippen LogP contribution in [-0.2, 0) is 6.42 Å². The summed E-state index contributed by atoms with van der Waals surface area (Å²) in [4.78, 5) is 4.18. The number of benzene rings is 1. The van der Waals surface area contributed by atoms with Crippen LogP contribution in [0.15, 0.2) is 48.8 Å². The maximum atomic E-state index is 6.17. The molecular formula is C15H18N2. The van der Waals surface area contributed by atoms with Crippen molar-refractivity contribution in [2.75, 3.05) is 0 Å². The van der Waals surface area contributed by atoms with Crippen LogP contribution in [0.1, 0.15) is 29.2 Å². The van der Waals surface area contributed by atoms with Crippen LogP contribution in [0.3, 0.4) is 0 Å². The van der Waals surface area contributed by atoms with Crippen molar-refractivity contribution in [1.29, 1.82) is 0 Å². The van der Waals surface area contributed by atoms with Crippen molar-refractivity contribution in [3.63, 3.8) is 0 Å². The van der Waals surface area contributed by atoms with Crippen molar-refractivity contribution in [3.8, 4) is 0 Å². The van der Waals surface area contributed by atoms with Crippen LogP contribution in [0.25, 0.3) is 0 Å². The van der Waals surface area contributed by atoms with Gasteiger partial charge in [0.05, 0.1) is 0 Å². The number of rotatable bonds is 4. The number of hydrogen-bond acceptors (Lipinski definition) is 2. The van der Waals surface area contributed by atoms with E-state index >= 15 is 0 Å². The minimum absolute atomic E-state index is 0.0719. The molecule has 1 aromatic heterocycles. The van der Waals surface area contributed by atoms with Gasteiger partial charge in [-0.05, 0) is 36.5 Å². The summed E-state index contributed by atoms with van der Waals surface area (Å²) in [5.74, 6) is 0. The zero-order valence-corrected chi connectivity index (χ0v) is 10.1. The Bertz CT molecular complexity index is 465. The molecule has 2 heteroatoms. The van der Waals surface area contributed by atoms with Gasteiger partial charge in [-0.2, -0.15) is 0 Å². The van der Waals surface area contributed by atoms with Crippen LogP contribution in [0.5, 0.6) is 0 Å². The van der Waals surface area contributed by atoms with E-state index in [0.717, 1.165) is 24.0 Å². The summed E-state index contributed by atoms with van der Waals surface area (Å²) in [5, 5.41) is 0. The molecule has 0 saturated heterocycles. The Hall–Kier alpha value is -1.67. The molecule has 2 nitrogen and oxygen atoms in total. The Morgan fingerprint density at radius 1 is 1.18 bits per heavy atom. The quantitative estimate of drug-likeness (QED) is 0.870. The standard InChI is InChI=1S/C15H18N2/c1-12-9-14(11-17-10-12)15(16)8-7-13-5-3-2-4-6-13/h2-6,9-11,15H,7-8,16H2,1H3. The van der Waals surface area contributed by atoms with Gasteiger partial charge in [-0.25, -0.2) is 0 Å². The van der Waals surface area contributed by atoms with Gasteiger partial charge in [0.15, 0.2) is 0 Å². The number of nitrogens with two attached hydrogens (primary N) is 1. The third kappa shape index (κ3) is 3.40. The van der Waals surface area contributed by atoms with E-state index in [1.165, 1.54) is 5.56 Å². The Morgan fingerprint density at radius 2 is 1.94 bits per heavy atom. The first kappa shape index (κ1) is 11.8. The van der Waals surface area contributed by atoms with Crippen LogP contribution >= 0.6 is 0 Å². The summed E-state index contributed by atoms with van der Waals surface area (Å²) in [7, 11) is 0. The second-order valence-electron chi connectivity index (χ2n) is 4.43. The molecule has 2 aromatic rings. The van der Waals surface area contributed by atoms with Gasteiger partial charge in [0.2, 0.25) is 0 Å². The maximum Gasteiger partial charge on any atom is 0.0315 e. The molecule has 0 spiro atoms. The lowest BCUT2D eigenvalue weighted by Gasteiger charge is -2.12. The minimum atomic E-state index is 0.0719. The lowest BCUT2D eigenvalue weighted by Crippen LogP contribution is -2.11. The second-order valence-corrected chi connectivity index (χ2v) is 4.43. The normalized spacial score (nSPS) is 12.4. The zero-order valence-electron chi connectivity index (χ0n) is 10.1. The van der Waals surface area contributed by atoms with Crippen LogP contribution < -0.4 is 5.73 Å². The van der Waals surface area contributed by atoms with E-state index in [1.54, 1.807) is 0 Å². The molecule has 1 atom stereocenters. The fourth-order valence-electron chi connectivity index (χ4n) is 1.91. The van der Waals surface area contributed by atoms with Crippen LogP contribution in [0.2, 0.25) is 0 Å². The third-order valence-corrected chi connectivity index (χ3v) is 2.91. The largest absolute Gasteiger partial charge is 0.324 e. The summed E-state index contributed by atoms with van der Waals surface area (Å²) >= 11 is 0. The second kappa shape index (κ2) is 5.60. The van der Waals surface area contributed by atoms with Gasteiger partial charge in [-0.15, -0.1) is 0 Å². The molecule has 2 N–H and O–H groups in total. The van der Waals surface area contributed by atoms with E-state index in [1.807, 2.05) is 25.4 Å². The lowest BCUT2D eigenvalue weighted by atomic mass is 10.0. The van der Waals surface area contributed by atoms with Gasteiger partial charge in [-0.3, -0.25) is 4.98 Å². The summed E-state index contributed by atoms with van der Waals surface area (Å²) < 4.78 is 0. The van der Waals surface area contributed by atoms with Crippen LogP contribution in [0.4, 0.5) is 0 Å². The van der Waals surface area contributed by atoms with E-state index in [4.69, 9.17) is 5.73 Å². The molecule has 0 bridgehead atoms. The predicted molar refractivity (Wildman–Crippen MR) is 70.7 cm³/mol. The third-order valence-electron chi connectivity index (χ3n) is 2.91. The smallest absolute Gasteiger partial charge is 0.0315 e. The number of aromatic nitrogens is 1. The Balaban J connectivity index is 1.96. The molecule has 0 aliphatic carbocycles. The van der Waals surface area contributed by atoms with Crippen LogP contribution in [0, 0.1) is 6.92 Å². The van der Waals surface area contributed by atoms with Crippen molar-refractivity contribution in [2.45, 2.75) is 25.8 Å². The fraction of sp³-hybridized carbons (Fsp3) is 0.267. The average molecular weight is 226 g/mol. The lowest BCUT2D eigenvalue weighted by molar-refractivity contribution is 0.648. The molecule has 0 aliphatic heterocycles. The van der Waals surface area contributed by atoms with Gasteiger partial charge in [0, 0.05) is 18.4 Å². The van der Waals surface area contributed by atoms with E-state index in [9.17, 15) is 0 Å². The van der Waals surface area contributed by atoms with Gasteiger partial charge in [-0.1, -0.05) is 36.4 Å². The molecule has 17 heavy (non-hydrogen) atoms. The highest BCUT2D eigenvalue weighted by Crippen LogP contribution is 2.16. The molecule has 2 rings (SSSR count). The number of aryl methyl sites for hydroxylation is 2. The number of nitrogens with zero attached hydrogens (tertiary/aromatic N) is 1. The molecule has 1 aromatic carbocycles. The molecular weight excluding hydrogens is 208 g/mol. The first-order valence-electron chi connectivity index (χ1n) is 5.97. The van der Waals surface area contributed by atoms with Crippen LogP contribution in [-0.4, -0.2) is 4.98 Å². The molecule has 0 saturated carbocycles. The van der Waals surface area contributed by atoms with Crippen molar-refractivity contribution in [1.82, 2.24) is 4.98 Å². The predicted octanol–water partition coefficient (Wildman–Crippen LogP) is 3.02. The first-order valence-corrected chi connectivity index (χ1v) is 5.97. The van der Waals surface area contributed by atoms with E-state index in [-0.39, 0.29) is 6.04 Å². The van der Waals surface area contributed by atoms with E-state index < -0.39 is 0 Å². The monoisotopic (exact) mass is 226 g/mol. The van der Waals surface area contributed by atoms with Crippen molar-refractivity contribution in [2.24, 2.45) is 5.73 Å². The fourth-order valence-corrected chi connectivity index (χ4v) is 1.91. The van der Waals surface area contributed by atoms with E-state index in [2.05, 4.69) is 35.3 Å². The highest BCUT2D eigenvalue weighted by Gasteiger charge is 2.06. The topological polar surface area (TPSA) is 38.9 Å². The van der Waals surface area contributed by atoms with Crippen molar-refractivity contribution in [3.05, 3.63) is 65.5 Å². The highest BCUT2D eigenvalue weighted by molar-refractivity contribution is 5.21. The van der Waals surface area contributed by atoms with Crippen molar-refractivity contribution < 1.29 is 0 Å². The average Bonchev–Trinajstić information content (AvgIpc) is 2.37. The maximum absolute atomic E-state index is 6.17. The van der Waals surface area contributed by atoms with Crippen molar-refractivity contribution >= 4 is 0 Å². The minimum Gasteiger partial charge on any atom is -0.324 e. The zero-order chi connectivity index (χ0) is 12.1. The Labute approximate surface area is 103 Å². The Kier molecular flexibility index (Phi) is 3.89. The van der Waals surface area contributed by atoms with E-state index in [0.29, 0.717) is 0 Å². The molecule has 1 unspecified atom stereocenters. The summed E-state index contributed by atoms with van der Waals surface area (Å²) in [6.07, 6.45) is 5.68. The first-order chi connectivity index (χ1) is 8.25.